The number of amides is 2. The highest BCUT2D eigenvalue weighted by atomic mass is 35.5. The molecule has 3 aromatic rings. The van der Waals surface area contributed by atoms with E-state index < -0.39 is 41.5 Å². The minimum Gasteiger partial charge on any atom is -0.469 e. The molecule has 1 fully saturated rings. The number of hydrogen-bond acceptors (Lipinski definition) is 7. The molecule has 42 heavy (non-hydrogen) atoms. The van der Waals surface area contributed by atoms with Gasteiger partial charge in [-0.15, -0.1) is 13.2 Å². The predicted molar refractivity (Wildman–Crippen MR) is 146 cm³/mol. The Morgan fingerprint density at radius 1 is 1.02 bits per heavy atom. The number of ether oxygens (including phenoxy) is 3. The van der Waals surface area contributed by atoms with Crippen LogP contribution in [0.2, 0.25) is 10.3 Å². The van der Waals surface area contributed by atoms with Gasteiger partial charge in [-0.05, 0) is 41.8 Å². The summed E-state index contributed by atoms with van der Waals surface area (Å²) in [5.74, 6) is -2.86. The number of carbonyl (C=O) groups excluding carboxylic acids is 3. The number of esters is 2. The summed E-state index contributed by atoms with van der Waals surface area (Å²) in [6, 6.07) is 15.5. The van der Waals surface area contributed by atoms with Crippen molar-refractivity contribution < 1.29 is 41.8 Å². The highest BCUT2D eigenvalue weighted by molar-refractivity contribution is 6.33. The van der Waals surface area contributed by atoms with E-state index in [1.165, 1.54) is 31.4 Å². The number of methoxy groups -OCH3 is 1. The first-order valence-electron chi connectivity index (χ1n) is 12.4. The summed E-state index contributed by atoms with van der Waals surface area (Å²) in [6.45, 7) is -0.353. The van der Waals surface area contributed by atoms with Crippen molar-refractivity contribution in [3.63, 3.8) is 0 Å². The molecule has 0 aliphatic carbocycles. The summed E-state index contributed by atoms with van der Waals surface area (Å²) in [4.78, 5) is 45.2. The number of pyridine rings is 1. The molecule has 2 aromatic carbocycles. The van der Waals surface area contributed by atoms with Crippen molar-refractivity contribution in [1.82, 2.24) is 9.88 Å². The Hall–Kier alpha value is -4.03. The number of urea groups is 1. The lowest BCUT2D eigenvalue weighted by Gasteiger charge is -2.36. The van der Waals surface area contributed by atoms with Gasteiger partial charge in [-0.1, -0.05) is 65.7 Å². The number of carbonyl (C=O) groups is 3. The molecule has 0 bridgehead atoms. The lowest BCUT2D eigenvalue weighted by molar-refractivity contribution is -0.274. The molecule has 1 aliphatic heterocycles. The highest BCUT2D eigenvalue weighted by Crippen LogP contribution is 2.39. The van der Waals surface area contributed by atoms with Crippen LogP contribution >= 0.6 is 23.2 Å². The Kier molecular flexibility index (Phi) is 9.47. The molecule has 0 spiro atoms. The zero-order valence-corrected chi connectivity index (χ0v) is 23.5. The van der Waals surface area contributed by atoms with Gasteiger partial charge >= 0.3 is 24.3 Å². The van der Waals surface area contributed by atoms with Crippen LogP contribution in [0.4, 0.5) is 23.7 Å². The number of alkyl halides is 3. The molecule has 14 heteroatoms. The second-order valence-corrected chi connectivity index (χ2v) is 10.2. The van der Waals surface area contributed by atoms with Crippen molar-refractivity contribution in [2.45, 2.75) is 31.3 Å². The summed E-state index contributed by atoms with van der Waals surface area (Å²) in [5, 5.41) is 2.62. The number of benzene rings is 2. The van der Waals surface area contributed by atoms with E-state index in [2.05, 4.69) is 15.0 Å². The zero-order chi connectivity index (χ0) is 30.5. The van der Waals surface area contributed by atoms with E-state index in [0.717, 1.165) is 17.0 Å². The Morgan fingerprint density at radius 3 is 2.26 bits per heavy atom. The third kappa shape index (κ3) is 7.62. The van der Waals surface area contributed by atoms with Gasteiger partial charge < -0.3 is 24.4 Å². The number of rotatable bonds is 8. The van der Waals surface area contributed by atoms with E-state index in [9.17, 15) is 27.6 Å². The van der Waals surface area contributed by atoms with Crippen molar-refractivity contribution in [3.05, 3.63) is 88.2 Å². The van der Waals surface area contributed by atoms with Crippen LogP contribution in [0.1, 0.15) is 17.5 Å². The summed E-state index contributed by atoms with van der Waals surface area (Å²) < 4.78 is 52.6. The predicted octanol–water partition coefficient (Wildman–Crippen LogP) is 6.04. The average molecular weight is 626 g/mol. The van der Waals surface area contributed by atoms with Gasteiger partial charge in [0.15, 0.2) is 0 Å². The fourth-order valence-corrected chi connectivity index (χ4v) is 5.21. The third-order valence-electron chi connectivity index (χ3n) is 6.54. The third-order valence-corrected chi connectivity index (χ3v) is 6.93. The number of hydrogen-bond donors (Lipinski definition) is 1. The first kappa shape index (κ1) is 30.9. The maximum atomic E-state index is 13.9. The smallest absolute Gasteiger partial charge is 0.469 e. The SMILES string of the molecule is COC(=O)[C@H]1CN(C(=O)Nc2cc(Cl)nc(Cl)c2)[C@](Cc2ccc(OC(F)(F)F)cc2)(C(=O)OCc2ccccc2)C1. The van der Waals surface area contributed by atoms with Gasteiger partial charge in [-0.25, -0.2) is 14.6 Å². The van der Waals surface area contributed by atoms with Crippen LogP contribution < -0.4 is 10.1 Å². The Bertz CT molecular complexity index is 1420. The van der Waals surface area contributed by atoms with Crippen LogP contribution in [0.5, 0.6) is 5.75 Å². The first-order chi connectivity index (χ1) is 19.9. The Balaban J connectivity index is 1.71. The number of nitrogens with zero attached hydrogens (tertiary/aromatic N) is 2. The largest absolute Gasteiger partial charge is 0.573 e. The molecular formula is C28H24Cl2F3N3O6. The second kappa shape index (κ2) is 12.9. The molecule has 1 aliphatic rings. The zero-order valence-electron chi connectivity index (χ0n) is 22.0. The van der Waals surface area contributed by atoms with Gasteiger partial charge in [0.05, 0.1) is 13.0 Å². The normalized spacial score (nSPS) is 18.3. The lowest BCUT2D eigenvalue weighted by Crippen LogP contribution is -2.56. The summed E-state index contributed by atoms with van der Waals surface area (Å²) in [5.41, 5.74) is -0.537. The lowest BCUT2D eigenvalue weighted by atomic mass is 9.85. The minimum absolute atomic E-state index is 0.00126. The number of aromatic nitrogens is 1. The average Bonchev–Trinajstić information content (AvgIpc) is 3.32. The van der Waals surface area contributed by atoms with Crippen LogP contribution in [0.3, 0.4) is 0 Å². The fourth-order valence-electron chi connectivity index (χ4n) is 4.74. The maximum Gasteiger partial charge on any atom is 0.573 e. The molecule has 0 radical (unpaired) electrons. The van der Waals surface area contributed by atoms with Crippen LogP contribution in [0.25, 0.3) is 0 Å². The molecule has 0 saturated carbocycles. The quantitative estimate of drug-likeness (QED) is 0.240. The van der Waals surface area contributed by atoms with E-state index in [1.807, 2.05) is 0 Å². The molecule has 9 nitrogen and oxygen atoms in total. The summed E-state index contributed by atoms with van der Waals surface area (Å²) >= 11 is 11.9. The van der Waals surface area contributed by atoms with Gasteiger partial charge in [-0.3, -0.25) is 4.79 Å². The van der Waals surface area contributed by atoms with Crippen molar-refractivity contribution >= 4 is 46.9 Å². The van der Waals surface area contributed by atoms with Gasteiger partial charge in [0.2, 0.25) is 0 Å². The first-order valence-corrected chi connectivity index (χ1v) is 13.2. The molecule has 0 unspecified atom stereocenters. The summed E-state index contributed by atoms with van der Waals surface area (Å²) in [6.07, 6.45) is -5.28. The fraction of sp³-hybridized carbons (Fsp3) is 0.286. The number of anilines is 1. The topological polar surface area (TPSA) is 107 Å². The van der Waals surface area contributed by atoms with Crippen molar-refractivity contribution in [2.75, 3.05) is 19.0 Å². The van der Waals surface area contributed by atoms with E-state index in [0.29, 0.717) is 11.1 Å². The molecule has 1 N–H and O–H groups in total. The van der Waals surface area contributed by atoms with Gasteiger partial charge in [0.1, 0.15) is 28.2 Å². The van der Waals surface area contributed by atoms with Crippen LogP contribution in [0, 0.1) is 5.92 Å². The molecule has 2 heterocycles. The van der Waals surface area contributed by atoms with Gasteiger partial charge in [-0.2, -0.15) is 0 Å². The number of halogens is 5. The van der Waals surface area contributed by atoms with E-state index in [-0.39, 0.29) is 42.0 Å². The second-order valence-electron chi connectivity index (χ2n) is 9.43. The molecule has 222 valence electrons. The monoisotopic (exact) mass is 625 g/mol. The van der Waals surface area contributed by atoms with E-state index >= 15 is 0 Å². The minimum atomic E-state index is -4.89. The van der Waals surface area contributed by atoms with Crippen molar-refractivity contribution in [3.8, 4) is 5.75 Å². The molecule has 4 rings (SSSR count). The Morgan fingerprint density at radius 2 is 1.67 bits per heavy atom. The van der Waals surface area contributed by atoms with Crippen LogP contribution in [-0.2, 0) is 32.1 Å². The van der Waals surface area contributed by atoms with Gasteiger partial charge in [0.25, 0.3) is 0 Å². The van der Waals surface area contributed by atoms with Crippen LogP contribution in [-0.4, -0.2) is 53.4 Å². The molecular weight excluding hydrogens is 602 g/mol. The van der Waals surface area contributed by atoms with E-state index in [4.69, 9.17) is 32.7 Å². The van der Waals surface area contributed by atoms with E-state index in [1.54, 1.807) is 30.3 Å². The van der Waals surface area contributed by atoms with Crippen LogP contribution in [0.15, 0.2) is 66.7 Å². The molecule has 1 saturated heterocycles. The molecule has 2 amide bonds. The molecule has 1 aromatic heterocycles. The van der Waals surface area contributed by atoms with Crippen molar-refractivity contribution in [2.24, 2.45) is 5.92 Å². The maximum absolute atomic E-state index is 13.9. The number of nitrogens with one attached hydrogen (secondary N) is 1. The standard InChI is InChI=1S/C28H24Cl2F3N3O6/c1-40-24(37)19-14-27(25(38)41-16-18-5-3-2-4-6-18,13-17-7-9-21(10-8-17)42-28(31,32)33)36(15-19)26(39)34-20-11-22(29)35-23(30)12-20/h2-12,19H,13-16H2,1H3,(H,34,35,39)/t19-,27+/m1/s1. The highest BCUT2D eigenvalue weighted by Gasteiger charge is 2.56. The van der Waals surface area contributed by atoms with Crippen molar-refractivity contribution in [1.29, 1.82) is 0 Å². The molecule has 2 atom stereocenters. The Labute approximate surface area is 248 Å². The number of likely N-dealkylation sites (tertiary alicyclic amines) is 1. The van der Waals surface area contributed by atoms with Gasteiger partial charge in [0, 0.05) is 18.7 Å². The summed E-state index contributed by atoms with van der Waals surface area (Å²) in [7, 11) is 1.18.